The Morgan fingerprint density at radius 2 is 1.95 bits per heavy atom. The Labute approximate surface area is 128 Å². The molecule has 1 fully saturated rings. The van der Waals surface area contributed by atoms with Gasteiger partial charge in [0.1, 0.15) is 5.82 Å². The molecule has 1 saturated heterocycles. The molecule has 1 N–H and O–H groups in total. The van der Waals surface area contributed by atoms with E-state index in [1.807, 2.05) is 0 Å². The second kappa shape index (κ2) is 5.79. The minimum atomic E-state index is -3.62. The van der Waals surface area contributed by atoms with Gasteiger partial charge in [-0.05, 0) is 36.8 Å². The minimum Gasteiger partial charge on any atom is -0.314 e. The zero-order valence-electron chi connectivity index (χ0n) is 12.2. The largest absolute Gasteiger partial charge is 0.314 e. The zero-order valence-corrected chi connectivity index (χ0v) is 13.0. The first-order valence-electron chi connectivity index (χ1n) is 7.01. The van der Waals surface area contributed by atoms with Crippen LogP contribution >= 0.6 is 0 Å². The van der Waals surface area contributed by atoms with Gasteiger partial charge < -0.3 is 5.32 Å². The molecule has 0 saturated carbocycles. The van der Waals surface area contributed by atoms with Crippen LogP contribution in [0.15, 0.2) is 35.5 Å². The summed E-state index contributed by atoms with van der Waals surface area (Å²) >= 11 is 0. The Bertz CT molecular complexity index is 782. The maximum Gasteiger partial charge on any atom is 0.260 e. The van der Waals surface area contributed by atoms with Crippen LogP contribution in [-0.2, 0) is 10.0 Å². The third-order valence-electron chi connectivity index (χ3n) is 3.68. The molecule has 1 aromatic carbocycles. The summed E-state index contributed by atoms with van der Waals surface area (Å²) in [7, 11) is -3.62. The number of hydrogen-bond acceptors (Lipinski definition) is 4. The Balaban J connectivity index is 2.05. The number of aromatic nitrogens is 2. The monoisotopic (exact) mass is 324 g/mol. The van der Waals surface area contributed by atoms with Crippen LogP contribution in [0.2, 0.25) is 0 Å². The van der Waals surface area contributed by atoms with Crippen molar-refractivity contribution in [2.75, 3.05) is 26.2 Å². The molecule has 1 aromatic heterocycles. The third kappa shape index (κ3) is 2.65. The summed E-state index contributed by atoms with van der Waals surface area (Å²) in [6.07, 6.45) is 1.44. The number of nitrogens with zero attached hydrogens (tertiary/aromatic N) is 3. The molecule has 2 aromatic rings. The number of nitrogens with one attached hydrogen (secondary N) is 1. The molecule has 0 unspecified atom stereocenters. The van der Waals surface area contributed by atoms with Crippen molar-refractivity contribution in [3.63, 3.8) is 0 Å². The lowest BCUT2D eigenvalue weighted by molar-refractivity contribution is 0.358. The number of rotatable bonds is 3. The molecule has 118 valence electrons. The van der Waals surface area contributed by atoms with Crippen LogP contribution in [0.25, 0.3) is 5.69 Å². The van der Waals surface area contributed by atoms with Gasteiger partial charge in [0.2, 0.25) is 0 Å². The molecule has 0 atom stereocenters. The number of piperazine rings is 1. The van der Waals surface area contributed by atoms with Gasteiger partial charge in [0.15, 0.2) is 5.03 Å². The van der Waals surface area contributed by atoms with Gasteiger partial charge in [0, 0.05) is 26.2 Å². The standard InChI is InChI=1S/C14H17FN4O2S/c1-11-10-12(15)2-3-13(11)19-14(4-5-17-19)22(20,21)18-8-6-16-7-9-18/h2-5,10,16H,6-9H2,1H3. The first-order valence-corrected chi connectivity index (χ1v) is 8.45. The SMILES string of the molecule is Cc1cc(F)ccc1-n1nccc1S(=O)(=O)N1CCNCC1. The van der Waals surface area contributed by atoms with Gasteiger partial charge in [-0.2, -0.15) is 9.40 Å². The highest BCUT2D eigenvalue weighted by atomic mass is 32.2. The molecule has 0 amide bonds. The number of aryl methyl sites for hydroxylation is 1. The van der Waals surface area contributed by atoms with Crippen LogP contribution in [0, 0.1) is 12.7 Å². The van der Waals surface area contributed by atoms with Gasteiger partial charge in [-0.1, -0.05) is 0 Å². The van der Waals surface area contributed by atoms with E-state index in [0.717, 1.165) is 0 Å². The molecule has 0 spiro atoms. The van der Waals surface area contributed by atoms with E-state index in [4.69, 9.17) is 0 Å². The summed E-state index contributed by atoms with van der Waals surface area (Å²) in [6.45, 7) is 3.83. The van der Waals surface area contributed by atoms with E-state index >= 15 is 0 Å². The maximum atomic E-state index is 13.3. The Morgan fingerprint density at radius 1 is 1.23 bits per heavy atom. The van der Waals surface area contributed by atoms with Gasteiger partial charge in [-0.15, -0.1) is 0 Å². The third-order valence-corrected chi connectivity index (χ3v) is 5.56. The average Bonchev–Trinajstić information content (AvgIpc) is 2.98. The van der Waals surface area contributed by atoms with Gasteiger partial charge >= 0.3 is 0 Å². The Kier molecular flexibility index (Phi) is 3.98. The average molecular weight is 324 g/mol. The van der Waals surface area contributed by atoms with Crippen LogP contribution in [0.1, 0.15) is 5.56 Å². The molecule has 8 heteroatoms. The predicted molar refractivity (Wildman–Crippen MR) is 79.9 cm³/mol. The topological polar surface area (TPSA) is 67.2 Å². The quantitative estimate of drug-likeness (QED) is 0.911. The summed E-state index contributed by atoms with van der Waals surface area (Å²) in [5.41, 5.74) is 1.18. The predicted octanol–water partition coefficient (Wildman–Crippen LogP) is 0.914. The van der Waals surface area contributed by atoms with Crippen LogP contribution in [-0.4, -0.2) is 48.7 Å². The summed E-state index contributed by atoms with van der Waals surface area (Å²) in [5, 5.41) is 7.34. The van der Waals surface area contributed by atoms with Crippen molar-refractivity contribution < 1.29 is 12.8 Å². The number of hydrogen-bond donors (Lipinski definition) is 1. The second-order valence-electron chi connectivity index (χ2n) is 5.17. The molecule has 6 nitrogen and oxygen atoms in total. The molecule has 2 heterocycles. The molecule has 1 aliphatic rings. The van der Waals surface area contributed by atoms with E-state index in [0.29, 0.717) is 37.4 Å². The van der Waals surface area contributed by atoms with E-state index in [1.165, 1.54) is 39.4 Å². The fraction of sp³-hybridized carbons (Fsp3) is 0.357. The number of benzene rings is 1. The normalized spacial score (nSPS) is 16.8. The number of halogens is 1. The van der Waals surface area contributed by atoms with Gasteiger partial charge in [-0.25, -0.2) is 17.5 Å². The van der Waals surface area contributed by atoms with Crippen molar-refractivity contribution in [2.24, 2.45) is 0 Å². The molecular weight excluding hydrogens is 307 g/mol. The fourth-order valence-corrected chi connectivity index (χ4v) is 4.07. The molecule has 0 radical (unpaired) electrons. The van der Waals surface area contributed by atoms with E-state index in [2.05, 4.69) is 10.4 Å². The smallest absolute Gasteiger partial charge is 0.260 e. The van der Waals surface area contributed by atoms with Crippen LogP contribution in [0.5, 0.6) is 0 Å². The van der Waals surface area contributed by atoms with Crippen molar-refractivity contribution in [1.82, 2.24) is 19.4 Å². The van der Waals surface area contributed by atoms with Gasteiger partial charge in [0.25, 0.3) is 10.0 Å². The van der Waals surface area contributed by atoms with Crippen molar-refractivity contribution in [3.05, 3.63) is 41.8 Å². The summed E-state index contributed by atoms with van der Waals surface area (Å²) < 4.78 is 41.6. The highest BCUT2D eigenvalue weighted by Crippen LogP contribution is 2.22. The van der Waals surface area contributed by atoms with Crippen LogP contribution in [0.4, 0.5) is 4.39 Å². The van der Waals surface area contributed by atoms with Crippen molar-refractivity contribution in [3.8, 4) is 5.69 Å². The van der Waals surface area contributed by atoms with E-state index < -0.39 is 10.0 Å². The molecule has 0 aliphatic carbocycles. The molecule has 1 aliphatic heterocycles. The van der Waals surface area contributed by atoms with Crippen LogP contribution in [0.3, 0.4) is 0 Å². The minimum absolute atomic E-state index is 0.101. The molecule has 3 rings (SSSR count). The van der Waals surface area contributed by atoms with E-state index in [9.17, 15) is 12.8 Å². The molecule has 0 bridgehead atoms. The first kappa shape index (κ1) is 15.1. The van der Waals surface area contributed by atoms with Crippen molar-refractivity contribution in [1.29, 1.82) is 0 Å². The van der Waals surface area contributed by atoms with Crippen molar-refractivity contribution >= 4 is 10.0 Å². The van der Waals surface area contributed by atoms with Crippen LogP contribution < -0.4 is 5.32 Å². The first-order chi connectivity index (χ1) is 10.5. The molecular formula is C14H17FN4O2S. The van der Waals surface area contributed by atoms with E-state index in [1.54, 1.807) is 6.92 Å². The Morgan fingerprint density at radius 3 is 2.64 bits per heavy atom. The Hall–Kier alpha value is -1.77. The van der Waals surface area contributed by atoms with Crippen molar-refractivity contribution in [2.45, 2.75) is 11.9 Å². The van der Waals surface area contributed by atoms with Gasteiger partial charge in [0.05, 0.1) is 11.9 Å². The highest BCUT2D eigenvalue weighted by Gasteiger charge is 2.29. The van der Waals surface area contributed by atoms with Gasteiger partial charge in [-0.3, -0.25) is 0 Å². The highest BCUT2D eigenvalue weighted by molar-refractivity contribution is 7.89. The lowest BCUT2D eigenvalue weighted by Crippen LogP contribution is -2.46. The molecule has 22 heavy (non-hydrogen) atoms. The summed E-state index contributed by atoms with van der Waals surface area (Å²) in [5.74, 6) is -0.361. The fourth-order valence-electron chi connectivity index (χ4n) is 2.54. The lowest BCUT2D eigenvalue weighted by atomic mass is 10.2. The summed E-state index contributed by atoms with van der Waals surface area (Å²) in [4.78, 5) is 0. The summed E-state index contributed by atoms with van der Waals surface area (Å²) in [6, 6.07) is 5.66. The zero-order chi connectivity index (χ0) is 15.7. The maximum absolute atomic E-state index is 13.3. The second-order valence-corrected chi connectivity index (χ2v) is 7.05. The van der Waals surface area contributed by atoms with E-state index in [-0.39, 0.29) is 10.8 Å². The lowest BCUT2D eigenvalue weighted by Gasteiger charge is -2.26. The number of sulfonamides is 1.